The van der Waals surface area contributed by atoms with Crippen LogP contribution >= 0.6 is 15.9 Å². The number of ketones is 1. The predicted molar refractivity (Wildman–Crippen MR) is 72.8 cm³/mol. The third-order valence-electron chi connectivity index (χ3n) is 3.92. The zero-order chi connectivity index (χ0) is 12.5. The number of rotatable bonds is 3. The van der Waals surface area contributed by atoms with E-state index < -0.39 is 0 Å². The minimum absolute atomic E-state index is 0.0298. The van der Waals surface area contributed by atoms with Crippen LogP contribution in [0.5, 0.6) is 0 Å². The lowest BCUT2D eigenvalue weighted by Gasteiger charge is -2.27. The molecule has 92 valence electrons. The Morgan fingerprint density at radius 2 is 2.35 bits per heavy atom. The summed E-state index contributed by atoms with van der Waals surface area (Å²) >= 11 is 3.42. The number of Topliss-reactive ketones (excluding diaryl/α,β-unsaturated/α-hetero) is 1. The lowest BCUT2D eigenvalue weighted by Crippen LogP contribution is -2.41. The molecule has 2 nitrogen and oxygen atoms in total. The van der Waals surface area contributed by atoms with Crippen LogP contribution in [0.4, 0.5) is 0 Å². The van der Waals surface area contributed by atoms with E-state index in [9.17, 15) is 4.79 Å². The first-order chi connectivity index (χ1) is 8.02. The Morgan fingerprint density at radius 3 is 2.94 bits per heavy atom. The Morgan fingerprint density at radius 1 is 1.59 bits per heavy atom. The van der Waals surface area contributed by atoms with E-state index in [4.69, 9.17) is 5.73 Å². The van der Waals surface area contributed by atoms with Crippen LogP contribution in [-0.4, -0.2) is 11.8 Å². The average Bonchev–Trinajstić information content (AvgIpc) is 2.60. The Labute approximate surface area is 111 Å². The molecule has 2 N–H and O–H groups in total. The number of nitrogens with two attached hydrogens (primary N) is 1. The molecule has 1 fully saturated rings. The molecule has 0 bridgehead atoms. The molecule has 0 heterocycles. The lowest BCUT2D eigenvalue weighted by atomic mass is 9.78. The maximum absolute atomic E-state index is 12.4. The van der Waals surface area contributed by atoms with Crippen LogP contribution in [0.1, 0.15) is 31.7 Å². The van der Waals surface area contributed by atoms with Crippen LogP contribution in [0.15, 0.2) is 28.7 Å². The average molecular weight is 296 g/mol. The quantitative estimate of drug-likeness (QED) is 0.931. The second kappa shape index (κ2) is 4.91. The van der Waals surface area contributed by atoms with Gasteiger partial charge in [-0.25, -0.2) is 0 Å². The van der Waals surface area contributed by atoms with Gasteiger partial charge in [-0.05, 0) is 30.5 Å². The fraction of sp³-hybridized carbons (Fsp3) is 0.500. The van der Waals surface area contributed by atoms with Crippen molar-refractivity contribution in [2.45, 2.75) is 38.6 Å². The molecule has 2 rings (SSSR count). The predicted octanol–water partition coefficient (Wildman–Crippen LogP) is 3.08. The van der Waals surface area contributed by atoms with Crippen molar-refractivity contribution < 1.29 is 4.79 Å². The van der Waals surface area contributed by atoms with E-state index >= 15 is 0 Å². The van der Waals surface area contributed by atoms with Crippen molar-refractivity contribution in [1.29, 1.82) is 0 Å². The Bertz CT molecular complexity index is 432. The zero-order valence-electron chi connectivity index (χ0n) is 10.1. The van der Waals surface area contributed by atoms with E-state index in [1.165, 1.54) is 0 Å². The summed E-state index contributed by atoms with van der Waals surface area (Å²) in [4.78, 5) is 12.4. The standard InChI is InChI=1S/C14H18BrNO/c1-14(7-3-6-12(14)16)13(17)9-10-4-2-5-11(15)8-10/h2,4-5,8,12H,3,6-7,9,16H2,1H3. The first kappa shape index (κ1) is 12.8. The van der Waals surface area contributed by atoms with Gasteiger partial charge in [0.25, 0.3) is 0 Å². The van der Waals surface area contributed by atoms with Crippen molar-refractivity contribution in [3.63, 3.8) is 0 Å². The molecule has 2 unspecified atom stereocenters. The SMILES string of the molecule is CC1(C(=O)Cc2cccc(Br)c2)CCCC1N. The van der Waals surface area contributed by atoms with Gasteiger partial charge in [0.1, 0.15) is 5.78 Å². The first-order valence-electron chi connectivity index (χ1n) is 6.06. The molecule has 1 saturated carbocycles. The van der Waals surface area contributed by atoms with Crippen LogP contribution < -0.4 is 5.73 Å². The van der Waals surface area contributed by atoms with Crippen molar-refractivity contribution in [1.82, 2.24) is 0 Å². The molecule has 0 aliphatic heterocycles. The number of benzene rings is 1. The molecule has 2 atom stereocenters. The van der Waals surface area contributed by atoms with E-state index in [1.807, 2.05) is 31.2 Å². The van der Waals surface area contributed by atoms with Crippen molar-refractivity contribution in [2.24, 2.45) is 11.1 Å². The van der Waals surface area contributed by atoms with Gasteiger partial charge in [0.2, 0.25) is 0 Å². The summed E-state index contributed by atoms with van der Waals surface area (Å²) in [6.45, 7) is 2.02. The summed E-state index contributed by atoms with van der Waals surface area (Å²) in [5.74, 6) is 0.278. The zero-order valence-corrected chi connectivity index (χ0v) is 11.7. The Hall–Kier alpha value is -0.670. The van der Waals surface area contributed by atoms with Crippen LogP contribution in [0, 0.1) is 5.41 Å². The van der Waals surface area contributed by atoms with Gasteiger partial charge < -0.3 is 5.73 Å². The van der Waals surface area contributed by atoms with E-state index in [1.54, 1.807) is 0 Å². The molecule has 1 aromatic rings. The summed E-state index contributed by atoms with van der Waals surface area (Å²) in [6, 6.07) is 7.96. The lowest BCUT2D eigenvalue weighted by molar-refractivity contribution is -0.127. The molecule has 0 radical (unpaired) electrons. The van der Waals surface area contributed by atoms with Gasteiger partial charge in [-0.15, -0.1) is 0 Å². The second-order valence-electron chi connectivity index (χ2n) is 5.15. The molecule has 0 aromatic heterocycles. The van der Waals surface area contributed by atoms with Crippen LogP contribution in [0.25, 0.3) is 0 Å². The van der Waals surface area contributed by atoms with E-state index in [2.05, 4.69) is 15.9 Å². The first-order valence-corrected chi connectivity index (χ1v) is 6.85. The molecule has 1 aliphatic carbocycles. The Balaban J connectivity index is 2.12. The van der Waals surface area contributed by atoms with Crippen molar-refractivity contribution >= 4 is 21.7 Å². The number of halogens is 1. The maximum atomic E-state index is 12.4. The minimum Gasteiger partial charge on any atom is -0.327 e. The van der Waals surface area contributed by atoms with E-state index in [-0.39, 0.29) is 17.2 Å². The van der Waals surface area contributed by atoms with Gasteiger partial charge in [-0.1, -0.05) is 41.4 Å². The highest BCUT2D eigenvalue weighted by atomic mass is 79.9. The number of carbonyl (C=O) groups is 1. The van der Waals surface area contributed by atoms with Crippen LogP contribution in [0.3, 0.4) is 0 Å². The normalized spacial score (nSPS) is 28.3. The molecule has 17 heavy (non-hydrogen) atoms. The van der Waals surface area contributed by atoms with Crippen molar-refractivity contribution in [3.8, 4) is 0 Å². The van der Waals surface area contributed by atoms with Gasteiger partial charge >= 0.3 is 0 Å². The number of hydrogen-bond donors (Lipinski definition) is 1. The minimum atomic E-state index is -0.317. The molecule has 0 saturated heterocycles. The molecular weight excluding hydrogens is 278 g/mol. The summed E-state index contributed by atoms with van der Waals surface area (Å²) in [7, 11) is 0. The number of carbonyl (C=O) groups excluding carboxylic acids is 1. The summed E-state index contributed by atoms with van der Waals surface area (Å²) < 4.78 is 1.02. The Kier molecular flexibility index (Phi) is 3.69. The van der Waals surface area contributed by atoms with Crippen LogP contribution in [0.2, 0.25) is 0 Å². The highest BCUT2D eigenvalue weighted by molar-refractivity contribution is 9.10. The highest BCUT2D eigenvalue weighted by Gasteiger charge is 2.42. The van der Waals surface area contributed by atoms with Crippen molar-refractivity contribution in [3.05, 3.63) is 34.3 Å². The highest BCUT2D eigenvalue weighted by Crippen LogP contribution is 2.38. The number of hydrogen-bond acceptors (Lipinski definition) is 2. The smallest absolute Gasteiger partial charge is 0.144 e. The molecule has 3 heteroatoms. The van der Waals surface area contributed by atoms with Gasteiger partial charge in [-0.3, -0.25) is 4.79 Å². The van der Waals surface area contributed by atoms with Crippen LogP contribution in [-0.2, 0) is 11.2 Å². The molecule has 0 amide bonds. The largest absolute Gasteiger partial charge is 0.327 e. The third-order valence-corrected chi connectivity index (χ3v) is 4.41. The van der Waals surface area contributed by atoms with Gasteiger partial charge in [0.15, 0.2) is 0 Å². The third kappa shape index (κ3) is 2.61. The maximum Gasteiger partial charge on any atom is 0.144 e. The van der Waals surface area contributed by atoms with E-state index in [0.717, 1.165) is 29.3 Å². The monoisotopic (exact) mass is 295 g/mol. The summed E-state index contributed by atoms with van der Waals surface area (Å²) in [6.07, 6.45) is 3.47. The molecular formula is C14H18BrNO. The summed E-state index contributed by atoms with van der Waals surface area (Å²) in [5.41, 5.74) is 6.81. The van der Waals surface area contributed by atoms with Gasteiger partial charge in [0.05, 0.1) is 0 Å². The second-order valence-corrected chi connectivity index (χ2v) is 6.06. The fourth-order valence-electron chi connectivity index (χ4n) is 2.57. The summed E-state index contributed by atoms with van der Waals surface area (Å²) in [5, 5.41) is 0. The van der Waals surface area contributed by atoms with Crippen molar-refractivity contribution in [2.75, 3.05) is 0 Å². The van der Waals surface area contributed by atoms with Gasteiger partial charge in [-0.2, -0.15) is 0 Å². The molecule has 0 spiro atoms. The molecule has 1 aliphatic rings. The fourth-order valence-corrected chi connectivity index (χ4v) is 3.02. The topological polar surface area (TPSA) is 43.1 Å². The molecule has 1 aromatic carbocycles. The van der Waals surface area contributed by atoms with Gasteiger partial charge in [0, 0.05) is 22.4 Å². The van der Waals surface area contributed by atoms with E-state index in [0.29, 0.717) is 6.42 Å².